The number of hydrogen-bond acceptors (Lipinski definition) is 2. The number of aliphatic hydroxyl groups excluding tert-OH is 1. The van der Waals surface area contributed by atoms with E-state index in [1.165, 1.54) is 12.8 Å². The first-order chi connectivity index (χ1) is 3.84. The minimum Gasteiger partial charge on any atom is -0.396 e. The summed E-state index contributed by atoms with van der Waals surface area (Å²) in [5.41, 5.74) is 5.63. The van der Waals surface area contributed by atoms with Gasteiger partial charge < -0.3 is 10.8 Å². The lowest BCUT2D eigenvalue weighted by molar-refractivity contribution is 0.270. The van der Waals surface area contributed by atoms with Crippen LogP contribution in [0.15, 0.2) is 0 Å². The van der Waals surface area contributed by atoms with Crippen LogP contribution in [-0.2, 0) is 0 Å². The molecule has 3 N–H and O–H groups in total. The molecule has 0 radical (unpaired) electrons. The number of nitrogens with two attached hydrogens (primary N) is 1. The van der Waals surface area contributed by atoms with E-state index in [0.29, 0.717) is 0 Å². The predicted octanol–water partition coefficient (Wildman–Crippen LogP) is 0.106. The van der Waals surface area contributed by atoms with Gasteiger partial charge in [-0.1, -0.05) is 0 Å². The highest BCUT2D eigenvalue weighted by molar-refractivity contribution is 4.83. The van der Waals surface area contributed by atoms with Crippen molar-refractivity contribution in [2.75, 3.05) is 6.61 Å². The van der Waals surface area contributed by atoms with E-state index in [1.54, 1.807) is 0 Å². The second-order valence-corrected chi connectivity index (χ2v) is 2.51. The first kappa shape index (κ1) is 6.05. The highest BCUT2D eigenvalue weighted by Gasteiger charge is 2.27. The predicted molar refractivity (Wildman–Crippen MR) is 32.4 cm³/mol. The summed E-state index contributed by atoms with van der Waals surface area (Å²) in [6, 6.07) is 0.278. The van der Waals surface area contributed by atoms with Gasteiger partial charge in [-0.05, 0) is 25.2 Å². The Morgan fingerprint density at radius 3 is 2.62 bits per heavy atom. The van der Waals surface area contributed by atoms with Crippen molar-refractivity contribution < 1.29 is 5.11 Å². The Balaban J connectivity index is 2.03. The molecular weight excluding hydrogens is 102 g/mol. The standard InChI is InChI=1S/C6H13NO/c7-6(3-4-8)5-1-2-5/h5-6,8H,1-4,7H2/t6-/m0/s1. The maximum Gasteiger partial charge on any atom is 0.0445 e. The quantitative estimate of drug-likeness (QED) is 0.548. The number of rotatable bonds is 3. The van der Waals surface area contributed by atoms with Gasteiger partial charge in [0.05, 0.1) is 0 Å². The van der Waals surface area contributed by atoms with Crippen molar-refractivity contribution in [3.63, 3.8) is 0 Å². The first-order valence-electron chi connectivity index (χ1n) is 3.21. The van der Waals surface area contributed by atoms with E-state index in [0.717, 1.165) is 12.3 Å². The highest BCUT2D eigenvalue weighted by Crippen LogP contribution is 2.32. The molecule has 0 aromatic rings. The van der Waals surface area contributed by atoms with E-state index in [4.69, 9.17) is 10.8 Å². The summed E-state index contributed by atoms with van der Waals surface area (Å²) >= 11 is 0. The smallest absolute Gasteiger partial charge is 0.0445 e. The zero-order chi connectivity index (χ0) is 5.98. The highest BCUT2D eigenvalue weighted by atomic mass is 16.3. The van der Waals surface area contributed by atoms with Gasteiger partial charge in [0.15, 0.2) is 0 Å². The molecule has 0 bridgehead atoms. The van der Waals surface area contributed by atoms with Crippen molar-refractivity contribution in [3.05, 3.63) is 0 Å². The summed E-state index contributed by atoms with van der Waals surface area (Å²) in [4.78, 5) is 0. The molecule has 1 atom stereocenters. The van der Waals surface area contributed by atoms with E-state index in [2.05, 4.69) is 0 Å². The lowest BCUT2D eigenvalue weighted by Crippen LogP contribution is -2.23. The van der Waals surface area contributed by atoms with Gasteiger partial charge >= 0.3 is 0 Å². The van der Waals surface area contributed by atoms with Crippen molar-refractivity contribution in [1.82, 2.24) is 0 Å². The molecule has 0 aromatic heterocycles. The van der Waals surface area contributed by atoms with Gasteiger partial charge in [0.25, 0.3) is 0 Å². The molecule has 48 valence electrons. The fourth-order valence-corrected chi connectivity index (χ4v) is 0.909. The molecule has 1 rings (SSSR count). The van der Waals surface area contributed by atoms with Crippen LogP contribution in [0.25, 0.3) is 0 Å². The van der Waals surface area contributed by atoms with Crippen LogP contribution < -0.4 is 5.73 Å². The molecule has 2 nitrogen and oxygen atoms in total. The van der Waals surface area contributed by atoms with E-state index < -0.39 is 0 Å². The fraction of sp³-hybridized carbons (Fsp3) is 1.00. The molecule has 0 unspecified atom stereocenters. The van der Waals surface area contributed by atoms with Crippen molar-refractivity contribution in [3.8, 4) is 0 Å². The summed E-state index contributed by atoms with van der Waals surface area (Å²) in [6.07, 6.45) is 3.34. The summed E-state index contributed by atoms with van der Waals surface area (Å²) in [7, 11) is 0. The van der Waals surface area contributed by atoms with Crippen molar-refractivity contribution >= 4 is 0 Å². The molecule has 1 saturated carbocycles. The van der Waals surface area contributed by atoms with E-state index in [1.807, 2.05) is 0 Å². The van der Waals surface area contributed by atoms with E-state index >= 15 is 0 Å². The molecule has 0 amide bonds. The minimum absolute atomic E-state index is 0.248. The molecule has 1 aliphatic rings. The van der Waals surface area contributed by atoms with Gasteiger partial charge in [0, 0.05) is 12.6 Å². The summed E-state index contributed by atoms with van der Waals surface area (Å²) in [6.45, 7) is 0.248. The molecule has 1 aliphatic carbocycles. The lowest BCUT2D eigenvalue weighted by atomic mass is 10.1. The Hall–Kier alpha value is -0.0800. The minimum atomic E-state index is 0.248. The molecule has 0 spiro atoms. The molecule has 2 heteroatoms. The molecule has 0 saturated heterocycles. The Kier molecular flexibility index (Phi) is 1.86. The molecule has 0 heterocycles. The third-order valence-corrected chi connectivity index (χ3v) is 1.69. The average Bonchev–Trinajstić information content (AvgIpc) is 2.45. The van der Waals surface area contributed by atoms with Crippen LogP contribution in [0.1, 0.15) is 19.3 Å². The molecule has 0 aromatic carbocycles. The Morgan fingerprint density at radius 2 is 2.25 bits per heavy atom. The van der Waals surface area contributed by atoms with Gasteiger partial charge in [-0.3, -0.25) is 0 Å². The third-order valence-electron chi connectivity index (χ3n) is 1.69. The fourth-order valence-electron chi connectivity index (χ4n) is 0.909. The maximum absolute atomic E-state index is 8.43. The number of hydrogen-bond donors (Lipinski definition) is 2. The zero-order valence-corrected chi connectivity index (χ0v) is 5.01. The van der Waals surface area contributed by atoms with Crippen molar-refractivity contribution in [2.24, 2.45) is 11.7 Å². The lowest BCUT2D eigenvalue weighted by Gasteiger charge is -2.05. The van der Waals surface area contributed by atoms with Crippen LogP contribution in [0.4, 0.5) is 0 Å². The second-order valence-electron chi connectivity index (χ2n) is 2.51. The Bertz CT molecular complexity index is 70.9. The first-order valence-corrected chi connectivity index (χ1v) is 3.21. The van der Waals surface area contributed by atoms with Gasteiger partial charge in [0.1, 0.15) is 0 Å². The molecular formula is C6H13NO. The van der Waals surface area contributed by atoms with Crippen LogP contribution in [0.2, 0.25) is 0 Å². The summed E-state index contributed by atoms with van der Waals surface area (Å²) in [5, 5.41) is 8.43. The van der Waals surface area contributed by atoms with Gasteiger partial charge in [-0.25, -0.2) is 0 Å². The molecule has 1 fully saturated rings. The summed E-state index contributed by atoms with van der Waals surface area (Å²) in [5.74, 6) is 0.738. The van der Waals surface area contributed by atoms with Gasteiger partial charge in [-0.2, -0.15) is 0 Å². The molecule has 0 aliphatic heterocycles. The van der Waals surface area contributed by atoms with Gasteiger partial charge in [0.2, 0.25) is 0 Å². The van der Waals surface area contributed by atoms with E-state index in [-0.39, 0.29) is 12.6 Å². The van der Waals surface area contributed by atoms with Crippen molar-refractivity contribution in [2.45, 2.75) is 25.3 Å². The van der Waals surface area contributed by atoms with Crippen LogP contribution in [0.3, 0.4) is 0 Å². The van der Waals surface area contributed by atoms with Gasteiger partial charge in [-0.15, -0.1) is 0 Å². The van der Waals surface area contributed by atoms with Crippen LogP contribution >= 0.6 is 0 Å². The topological polar surface area (TPSA) is 46.2 Å². The number of aliphatic hydroxyl groups is 1. The van der Waals surface area contributed by atoms with Crippen LogP contribution in [-0.4, -0.2) is 17.8 Å². The summed E-state index contributed by atoms with van der Waals surface area (Å²) < 4.78 is 0. The zero-order valence-electron chi connectivity index (χ0n) is 5.01. The normalized spacial score (nSPS) is 23.2. The second kappa shape index (κ2) is 2.46. The SMILES string of the molecule is N[C@@H](CCO)C1CC1. The monoisotopic (exact) mass is 115 g/mol. The van der Waals surface area contributed by atoms with E-state index in [9.17, 15) is 0 Å². The third kappa shape index (κ3) is 1.46. The average molecular weight is 115 g/mol. The van der Waals surface area contributed by atoms with Crippen LogP contribution in [0, 0.1) is 5.92 Å². The molecule has 8 heavy (non-hydrogen) atoms. The van der Waals surface area contributed by atoms with Crippen LogP contribution in [0.5, 0.6) is 0 Å². The Morgan fingerprint density at radius 1 is 1.62 bits per heavy atom. The van der Waals surface area contributed by atoms with Crippen molar-refractivity contribution in [1.29, 1.82) is 0 Å². The Labute approximate surface area is 49.7 Å². The largest absolute Gasteiger partial charge is 0.396 e. The maximum atomic E-state index is 8.43.